The van der Waals surface area contributed by atoms with Crippen molar-refractivity contribution >= 4 is 21.6 Å². The van der Waals surface area contributed by atoms with Crippen LogP contribution in [0, 0.1) is 17.8 Å². The fraction of sp³-hybridized carbons (Fsp3) is 0.429. The van der Waals surface area contributed by atoms with Gasteiger partial charge >= 0.3 is 0 Å². The Morgan fingerprint density at radius 1 is 1.40 bits per heavy atom. The molecule has 2 rings (SSSR count). The molecule has 108 valence electrons. The molecule has 0 spiro atoms. The van der Waals surface area contributed by atoms with Gasteiger partial charge in [-0.2, -0.15) is 0 Å². The molecule has 20 heavy (non-hydrogen) atoms. The van der Waals surface area contributed by atoms with E-state index in [1.165, 1.54) is 18.6 Å². The van der Waals surface area contributed by atoms with Crippen LogP contribution in [0.2, 0.25) is 5.02 Å². The Hall–Kier alpha value is -1.06. The van der Waals surface area contributed by atoms with Gasteiger partial charge in [0.2, 0.25) is 10.0 Å². The maximum absolute atomic E-state index is 12.2. The third kappa shape index (κ3) is 3.74. The Labute approximate surface area is 124 Å². The molecule has 0 aliphatic heterocycles. The van der Waals surface area contributed by atoms with E-state index < -0.39 is 10.0 Å². The molecule has 0 atom stereocenters. The van der Waals surface area contributed by atoms with E-state index in [9.17, 15) is 8.42 Å². The van der Waals surface area contributed by atoms with E-state index in [-0.39, 0.29) is 16.5 Å². The number of aliphatic hydroxyl groups is 1. The minimum Gasteiger partial charge on any atom is -0.384 e. The zero-order valence-electron chi connectivity index (χ0n) is 10.9. The summed E-state index contributed by atoms with van der Waals surface area (Å²) in [5, 5.41) is 8.75. The molecule has 0 aromatic heterocycles. The van der Waals surface area contributed by atoms with Crippen LogP contribution in [0.5, 0.6) is 0 Å². The number of nitrogens with one attached hydrogen (secondary N) is 1. The second kappa shape index (κ2) is 6.59. The molecule has 1 fully saturated rings. The molecule has 4 nitrogen and oxygen atoms in total. The average molecular weight is 314 g/mol. The minimum atomic E-state index is -3.58. The summed E-state index contributed by atoms with van der Waals surface area (Å²) in [7, 11) is -3.58. The SMILES string of the molecule is O=S(=O)(NCC1CCC1)c1ccc(C#CCO)cc1Cl. The second-order valence-corrected chi connectivity index (χ2v) is 6.90. The molecule has 1 saturated carbocycles. The lowest BCUT2D eigenvalue weighted by Crippen LogP contribution is -2.32. The van der Waals surface area contributed by atoms with Crippen molar-refractivity contribution < 1.29 is 13.5 Å². The highest BCUT2D eigenvalue weighted by Crippen LogP contribution is 2.27. The van der Waals surface area contributed by atoms with Crippen molar-refractivity contribution in [2.24, 2.45) is 5.92 Å². The van der Waals surface area contributed by atoms with E-state index in [1.54, 1.807) is 6.07 Å². The molecule has 0 unspecified atom stereocenters. The highest BCUT2D eigenvalue weighted by atomic mass is 35.5. The highest BCUT2D eigenvalue weighted by molar-refractivity contribution is 7.89. The lowest BCUT2D eigenvalue weighted by atomic mass is 9.86. The van der Waals surface area contributed by atoms with Gasteiger partial charge in [0, 0.05) is 12.1 Å². The van der Waals surface area contributed by atoms with Crippen molar-refractivity contribution in [2.45, 2.75) is 24.2 Å². The van der Waals surface area contributed by atoms with Crippen molar-refractivity contribution in [3.8, 4) is 11.8 Å². The lowest BCUT2D eigenvalue weighted by Gasteiger charge is -2.25. The summed E-state index contributed by atoms with van der Waals surface area (Å²) < 4.78 is 26.9. The van der Waals surface area contributed by atoms with Crippen molar-refractivity contribution in [2.75, 3.05) is 13.2 Å². The van der Waals surface area contributed by atoms with Crippen LogP contribution in [0.3, 0.4) is 0 Å². The van der Waals surface area contributed by atoms with Gasteiger partial charge in [-0.15, -0.1) is 0 Å². The van der Waals surface area contributed by atoms with Crippen LogP contribution < -0.4 is 4.72 Å². The smallest absolute Gasteiger partial charge is 0.242 e. The molecular formula is C14H16ClNO3S. The summed E-state index contributed by atoms with van der Waals surface area (Å²) in [6.45, 7) is 0.214. The van der Waals surface area contributed by atoms with E-state index in [1.807, 2.05) is 0 Å². The number of hydrogen-bond acceptors (Lipinski definition) is 3. The van der Waals surface area contributed by atoms with Crippen molar-refractivity contribution in [1.29, 1.82) is 0 Å². The largest absolute Gasteiger partial charge is 0.384 e. The topological polar surface area (TPSA) is 66.4 Å². The summed E-state index contributed by atoms with van der Waals surface area (Å²) in [5.74, 6) is 5.61. The molecular weight excluding hydrogens is 298 g/mol. The average Bonchev–Trinajstić information content (AvgIpc) is 2.34. The molecule has 0 radical (unpaired) electrons. The van der Waals surface area contributed by atoms with E-state index in [2.05, 4.69) is 16.6 Å². The number of hydrogen-bond donors (Lipinski definition) is 2. The minimum absolute atomic E-state index is 0.0630. The van der Waals surface area contributed by atoms with Crippen molar-refractivity contribution in [3.63, 3.8) is 0 Å². The van der Waals surface area contributed by atoms with Gasteiger partial charge in [0.15, 0.2) is 0 Å². The summed E-state index contributed by atoms with van der Waals surface area (Å²) in [5.41, 5.74) is 0.571. The van der Waals surface area contributed by atoms with Crippen LogP contribution in [0.1, 0.15) is 24.8 Å². The van der Waals surface area contributed by atoms with Gasteiger partial charge in [-0.25, -0.2) is 13.1 Å². The van der Waals surface area contributed by atoms with Gasteiger partial charge in [0.05, 0.1) is 5.02 Å². The zero-order valence-corrected chi connectivity index (χ0v) is 12.5. The quantitative estimate of drug-likeness (QED) is 0.832. The maximum Gasteiger partial charge on any atom is 0.242 e. The van der Waals surface area contributed by atoms with Crippen LogP contribution in [-0.2, 0) is 10.0 Å². The van der Waals surface area contributed by atoms with Gasteiger partial charge in [0.25, 0.3) is 0 Å². The molecule has 1 aromatic rings. The third-order valence-corrected chi connectivity index (χ3v) is 5.23. The summed E-state index contributed by atoms with van der Waals surface area (Å²) in [6.07, 6.45) is 3.32. The van der Waals surface area contributed by atoms with Crippen molar-refractivity contribution in [3.05, 3.63) is 28.8 Å². The predicted molar refractivity (Wildman–Crippen MR) is 77.9 cm³/mol. The highest BCUT2D eigenvalue weighted by Gasteiger charge is 2.22. The normalized spacial score (nSPS) is 15.3. The fourth-order valence-corrected chi connectivity index (χ4v) is 3.60. The molecule has 0 amide bonds. The number of benzene rings is 1. The van der Waals surface area contributed by atoms with Crippen LogP contribution in [-0.4, -0.2) is 26.7 Å². The van der Waals surface area contributed by atoms with Gasteiger partial charge in [-0.1, -0.05) is 29.9 Å². The Morgan fingerprint density at radius 2 is 2.15 bits per heavy atom. The standard InChI is InChI=1S/C14H16ClNO3S/c15-13-9-11(5-2-8-17)6-7-14(13)20(18,19)16-10-12-3-1-4-12/h6-7,9,12,16-17H,1,3-4,8,10H2. The fourth-order valence-electron chi connectivity index (χ4n) is 1.94. The van der Waals surface area contributed by atoms with Crippen LogP contribution in [0.25, 0.3) is 0 Å². The number of aliphatic hydroxyl groups excluding tert-OH is 1. The Kier molecular flexibility index (Phi) is 5.06. The van der Waals surface area contributed by atoms with Crippen LogP contribution >= 0.6 is 11.6 Å². The second-order valence-electron chi connectivity index (χ2n) is 4.75. The third-order valence-electron chi connectivity index (χ3n) is 3.32. The molecule has 1 aliphatic carbocycles. The van der Waals surface area contributed by atoms with Gasteiger partial charge < -0.3 is 5.11 Å². The Bertz CT molecular complexity index is 642. The number of rotatable bonds is 4. The molecule has 0 saturated heterocycles. The molecule has 1 aromatic carbocycles. The lowest BCUT2D eigenvalue weighted by molar-refractivity contribution is 0.316. The van der Waals surface area contributed by atoms with E-state index in [0.717, 1.165) is 12.8 Å². The molecule has 6 heteroatoms. The number of sulfonamides is 1. The first-order valence-corrected chi connectivity index (χ1v) is 8.28. The van der Waals surface area contributed by atoms with E-state index in [0.29, 0.717) is 18.0 Å². The first-order chi connectivity index (χ1) is 9.53. The molecule has 0 heterocycles. The van der Waals surface area contributed by atoms with Gasteiger partial charge in [0.1, 0.15) is 11.5 Å². The zero-order chi connectivity index (χ0) is 14.6. The molecule has 2 N–H and O–H groups in total. The van der Waals surface area contributed by atoms with Crippen LogP contribution in [0.15, 0.2) is 23.1 Å². The monoisotopic (exact) mass is 313 g/mol. The first-order valence-electron chi connectivity index (χ1n) is 6.42. The van der Waals surface area contributed by atoms with Gasteiger partial charge in [-0.05, 0) is 37.0 Å². The molecule has 0 bridgehead atoms. The predicted octanol–water partition coefficient (Wildman–Crippen LogP) is 1.76. The summed E-state index contributed by atoms with van der Waals surface area (Å²) in [6, 6.07) is 4.50. The summed E-state index contributed by atoms with van der Waals surface area (Å²) >= 11 is 6.01. The number of halogens is 1. The Balaban J connectivity index is 2.14. The summed E-state index contributed by atoms with van der Waals surface area (Å²) in [4.78, 5) is 0.0630. The Morgan fingerprint density at radius 3 is 2.70 bits per heavy atom. The molecule has 1 aliphatic rings. The van der Waals surface area contributed by atoms with E-state index >= 15 is 0 Å². The van der Waals surface area contributed by atoms with Gasteiger partial charge in [-0.3, -0.25) is 0 Å². The van der Waals surface area contributed by atoms with E-state index in [4.69, 9.17) is 16.7 Å². The van der Waals surface area contributed by atoms with Crippen molar-refractivity contribution in [1.82, 2.24) is 4.72 Å². The maximum atomic E-state index is 12.2. The first kappa shape index (κ1) is 15.3. The van der Waals surface area contributed by atoms with Crippen LogP contribution in [0.4, 0.5) is 0 Å².